The zero-order valence-corrected chi connectivity index (χ0v) is 10.6. The second kappa shape index (κ2) is 9.22. The predicted octanol–water partition coefficient (Wildman–Crippen LogP) is 3.09. The molecule has 0 aliphatic rings. The van der Waals surface area contributed by atoms with Crippen molar-refractivity contribution in [1.29, 1.82) is 10.8 Å². The van der Waals surface area contributed by atoms with E-state index in [4.69, 9.17) is 20.4 Å². The van der Waals surface area contributed by atoms with Gasteiger partial charge in [-0.25, -0.2) is 20.4 Å². The number of isocyanates is 2. The Morgan fingerprint density at radius 3 is 1.71 bits per heavy atom. The number of aryl methyl sites for hydroxylation is 1. The molecule has 0 unspecified atom stereocenters. The second-order valence-corrected chi connectivity index (χ2v) is 4.32. The molecule has 0 aliphatic heterocycles. The van der Waals surface area contributed by atoms with Gasteiger partial charge in [0.1, 0.15) is 0 Å². The van der Waals surface area contributed by atoms with Crippen LogP contribution in [0.1, 0.15) is 31.9 Å². The van der Waals surface area contributed by atoms with E-state index in [1.807, 2.05) is 0 Å². The average Bonchev–Trinajstić information content (AvgIpc) is 2.18. The zero-order valence-electron chi connectivity index (χ0n) is 10.6. The molecule has 0 saturated heterocycles. The maximum atomic E-state index is 8.35. The number of rotatable bonds is 0. The molecule has 0 fully saturated rings. The van der Waals surface area contributed by atoms with E-state index in [1.54, 1.807) is 0 Å². The smallest absolute Gasteiger partial charge is 0.222 e. The molecular formula is C13H18N2O2. The Morgan fingerprint density at radius 2 is 1.47 bits per heavy atom. The summed E-state index contributed by atoms with van der Waals surface area (Å²) in [6.45, 7) is 8.85. The molecule has 0 saturated carbocycles. The van der Waals surface area contributed by atoms with Crippen molar-refractivity contribution in [1.82, 2.24) is 0 Å². The minimum atomic E-state index is 0.284. The summed E-state index contributed by atoms with van der Waals surface area (Å²) in [4.78, 5) is 16.7. The van der Waals surface area contributed by atoms with Crippen LogP contribution in [-0.2, 0) is 15.0 Å². The maximum absolute atomic E-state index is 8.35. The Hall–Kier alpha value is -2.02. The van der Waals surface area contributed by atoms with Crippen LogP contribution in [0.25, 0.3) is 0 Å². The molecule has 1 rings (SSSR count). The largest absolute Gasteiger partial charge is 0.231 e. The molecule has 0 amide bonds. The van der Waals surface area contributed by atoms with Gasteiger partial charge in [0.15, 0.2) is 0 Å². The molecule has 0 aromatic heterocycles. The van der Waals surface area contributed by atoms with Crippen molar-refractivity contribution in [2.45, 2.75) is 33.1 Å². The summed E-state index contributed by atoms with van der Waals surface area (Å²) < 4.78 is 0. The average molecular weight is 234 g/mol. The van der Waals surface area contributed by atoms with Crippen molar-refractivity contribution < 1.29 is 9.59 Å². The van der Waals surface area contributed by atoms with Crippen LogP contribution in [-0.4, -0.2) is 12.2 Å². The molecule has 2 N–H and O–H groups in total. The molecule has 4 nitrogen and oxygen atoms in total. The van der Waals surface area contributed by atoms with Gasteiger partial charge >= 0.3 is 0 Å². The lowest BCUT2D eigenvalue weighted by Crippen LogP contribution is -2.10. The van der Waals surface area contributed by atoms with Crippen LogP contribution in [0.2, 0.25) is 0 Å². The van der Waals surface area contributed by atoms with Gasteiger partial charge < -0.3 is 0 Å². The van der Waals surface area contributed by atoms with E-state index in [0.29, 0.717) is 0 Å². The van der Waals surface area contributed by atoms with Crippen LogP contribution >= 0.6 is 0 Å². The number of carbonyl (C=O) groups excluding carboxylic acids is 2. The third kappa shape index (κ3) is 10.3. The molecule has 0 atom stereocenters. The van der Waals surface area contributed by atoms with Gasteiger partial charge in [-0.3, -0.25) is 0 Å². The van der Waals surface area contributed by atoms with Crippen molar-refractivity contribution in [3.05, 3.63) is 35.4 Å². The zero-order chi connectivity index (χ0) is 13.9. The molecule has 4 heteroatoms. The van der Waals surface area contributed by atoms with Crippen molar-refractivity contribution in [2.75, 3.05) is 0 Å². The van der Waals surface area contributed by atoms with Crippen molar-refractivity contribution >= 4 is 12.2 Å². The first-order chi connectivity index (χ1) is 7.83. The monoisotopic (exact) mass is 234 g/mol. The van der Waals surface area contributed by atoms with Crippen LogP contribution in [0.5, 0.6) is 0 Å². The Bertz CT molecular complexity index is 382. The molecule has 0 radical (unpaired) electrons. The quantitative estimate of drug-likeness (QED) is 0.534. The third-order valence-corrected chi connectivity index (χ3v) is 1.88. The van der Waals surface area contributed by atoms with Crippen LogP contribution < -0.4 is 0 Å². The summed E-state index contributed by atoms with van der Waals surface area (Å²) in [6, 6.07) is 8.69. The topological polar surface area (TPSA) is 81.8 Å². The minimum absolute atomic E-state index is 0.284. The normalized spacial score (nSPS) is 8.47. The number of nitrogens with one attached hydrogen (secondary N) is 2. The molecule has 0 spiro atoms. The summed E-state index contributed by atoms with van der Waals surface area (Å²) in [5, 5.41) is 10.8. The van der Waals surface area contributed by atoms with Crippen LogP contribution in [0.4, 0.5) is 0 Å². The fourth-order valence-electron chi connectivity index (χ4n) is 1.11. The fourth-order valence-corrected chi connectivity index (χ4v) is 1.11. The summed E-state index contributed by atoms with van der Waals surface area (Å²) in [7, 11) is 0. The Morgan fingerprint density at radius 1 is 1.06 bits per heavy atom. The summed E-state index contributed by atoms with van der Waals surface area (Å²) >= 11 is 0. The highest BCUT2D eigenvalue weighted by atomic mass is 16.1. The molecule has 1 aromatic carbocycles. The first kappa shape index (κ1) is 17.4. The van der Waals surface area contributed by atoms with E-state index in [0.717, 1.165) is 12.2 Å². The van der Waals surface area contributed by atoms with Crippen molar-refractivity contribution in [3.63, 3.8) is 0 Å². The van der Waals surface area contributed by atoms with Crippen molar-refractivity contribution in [3.8, 4) is 0 Å². The highest BCUT2D eigenvalue weighted by molar-refractivity contribution is 5.27. The predicted molar refractivity (Wildman–Crippen MR) is 66.7 cm³/mol. The van der Waals surface area contributed by atoms with Gasteiger partial charge in [-0.2, -0.15) is 0 Å². The van der Waals surface area contributed by atoms with Gasteiger partial charge in [-0.1, -0.05) is 50.6 Å². The van der Waals surface area contributed by atoms with E-state index >= 15 is 0 Å². The van der Waals surface area contributed by atoms with Crippen LogP contribution in [0.15, 0.2) is 24.3 Å². The standard InChI is InChI=1S/C11H16.2CHNO/c1-9-6-5-7-10(8-9)11(2,3)4;2*2-1-3/h5-8H,1-4H3;2*2H. The van der Waals surface area contributed by atoms with E-state index in [2.05, 4.69) is 52.0 Å². The lowest BCUT2D eigenvalue weighted by atomic mass is 9.86. The second-order valence-electron chi connectivity index (χ2n) is 4.32. The van der Waals surface area contributed by atoms with E-state index in [1.165, 1.54) is 11.1 Å². The Kier molecular flexibility index (Phi) is 9.43. The maximum Gasteiger partial charge on any atom is 0.231 e. The molecule has 1 aromatic rings. The third-order valence-electron chi connectivity index (χ3n) is 1.88. The lowest BCUT2D eigenvalue weighted by molar-refractivity contribution is 0.562. The molecule has 92 valence electrons. The first-order valence-electron chi connectivity index (χ1n) is 4.98. The highest BCUT2D eigenvalue weighted by Gasteiger charge is 2.12. The number of hydrogen-bond acceptors (Lipinski definition) is 4. The van der Waals surface area contributed by atoms with Gasteiger partial charge in [0.25, 0.3) is 0 Å². The minimum Gasteiger partial charge on any atom is -0.222 e. The van der Waals surface area contributed by atoms with Crippen LogP contribution in [0, 0.1) is 17.7 Å². The van der Waals surface area contributed by atoms with Gasteiger partial charge in [0.2, 0.25) is 12.2 Å². The summed E-state index contributed by atoms with van der Waals surface area (Å²) in [6.07, 6.45) is 1.50. The Balaban J connectivity index is 0. The molecule has 17 heavy (non-hydrogen) atoms. The highest BCUT2D eigenvalue weighted by Crippen LogP contribution is 2.22. The van der Waals surface area contributed by atoms with Gasteiger partial charge in [-0.15, -0.1) is 0 Å². The summed E-state index contributed by atoms with van der Waals surface area (Å²) in [5.74, 6) is 0. The first-order valence-corrected chi connectivity index (χ1v) is 4.98. The van der Waals surface area contributed by atoms with Gasteiger partial charge in [0, 0.05) is 0 Å². The fraction of sp³-hybridized carbons (Fsp3) is 0.385. The van der Waals surface area contributed by atoms with Gasteiger partial charge in [0.05, 0.1) is 0 Å². The number of benzene rings is 1. The van der Waals surface area contributed by atoms with E-state index in [9.17, 15) is 0 Å². The van der Waals surface area contributed by atoms with Crippen molar-refractivity contribution in [2.24, 2.45) is 0 Å². The molecule has 0 bridgehead atoms. The van der Waals surface area contributed by atoms with E-state index < -0.39 is 0 Å². The lowest BCUT2D eigenvalue weighted by Gasteiger charge is -2.19. The molecule has 0 heterocycles. The van der Waals surface area contributed by atoms with E-state index in [-0.39, 0.29) is 5.41 Å². The summed E-state index contributed by atoms with van der Waals surface area (Å²) in [5.41, 5.74) is 3.04. The van der Waals surface area contributed by atoms with Crippen LogP contribution in [0.3, 0.4) is 0 Å². The Labute approximate surface area is 102 Å². The molecular weight excluding hydrogens is 216 g/mol. The molecule has 0 aliphatic carbocycles. The number of hydrogen-bond donors (Lipinski definition) is 2. The SMILES string of the molecule is Cc1cccc(C(C)(C)C)c1.N=C=O.N=C=O. The van der Waals surface area contributed by atoms with Gasteiger partial charge in [-0.05, 0) is 17.9 Å².